The average molecular weight is 289 g/mol. The molecule has 0 bridgehead atoms. The van der Waals surface area contributed by atoms with Crippen molar-refractivity contribution in [3.8, 4) is 5.75 Å². The van der Waals surface area contributed by atoms with Gasteiger partial charge in [0.25, 0.3) is 0 Å². The van der Waals surface area contributed by atoms with Gasteiger partial charge in [-0.3, -0.25) is 4.98 Å². The Hall–Kier alpha value is -2.07. The fourth-order valence-electron chi connectivity index (χ4n) is 1.44. The normalized spacial score (nSPS) is 11.7. The van der Waals surface area contributed by atoms with Crippen molar-refractivity contribution in [2.45, 2.75) is 26.8 Å². The van der Waals surface area contributed by atoms with Gasteiger partial charge in [0.05, 0.1) is 12.2 Å². The van der Waals surface area contributed by atoms with Gasteiger partial charge in [-0.1, -0.05) is 33.1 Å². The molecule has 1 unspecified atom stereocenters. The first-order chi connectivity index (χ1) is 10.2. The van der Waals surface area contributed by atoms with E-state index in [1.54, 1.807) is 24.5 Å². The highest BCUT2D eigenvalue weighted by Gasteiger charge is 2.04. The Morgan fingerprint density at radius 1 is 1.43 bits per heavy atom. The zero-order chi connectivity index (χ0) is 16.1. The summed E-state index contributed by atoms with van der Waals surface area (Å²) in [5.74, 6) is 0.737. The summed E-state index contributed by atoms with van der Waals surface area (Å²) in [6, 6.07) is 1.81. The third kappa shape index (κ3) is 8.65. The standard InChI is InChI=1S/C15H21N3O.C2H6/c1-4-6-14(5-2)18-9-13(16)11-19-15-7-12(3)8-17-10-15;1-2/h4-8,10,13,18H,1-2,9,11,16H2,3H3;1-2H3/b14-6+;. The van der Waals surface area contributed by atoms with E-state index in [-0.39, 0.29) is 6.04 Å². The molecule has 4 nitrogen and oxygen atoms in total. The predicted octanol–water partition coefficient (Wildman–Crippen LogP) is 2.97. The zero-order valence-electron chi connectivity index (χ0n) is 13.3. The SMILES string of the molecule is C=C/C=C(\C=C)NCC(N)COc1cncc(C)c1.CC. The number of nitrogens with two attached hydrogens (primary N) is 1. The van der Waals surface area contributed by atoms with Crippen LogP contribution in [0.25, 0.3) is 0 Å². The van der Waals surface area contributed by atoms with Crippen molar-refractivity contribution in [2.75, 3.05) is 13.2 Å². The summed E-state index contributed by atoms with van der Waals surface area (Å²) in [6.45, 7) is 14.3. The molecule has 0 radical (unpaired) electrons. The van der Waals surface area contributed by atoms with Crippen molar-refractivity contribution in [1.29, 1.82) is 0 Å². The summed E-state index contributed by atoms with van der Waals surface area (Å²) in [4.78, 5) is 4.06. The predicted molar refractivity (Wildman–Crippen MR) is 90.3 cm³/mol. The Kier molecular flexibility index (Phi) is 10.6. The number of nitrogens with zero attached hydrogens (tertiary/aromatic N) is 1. The van der Waals surface area contributed by atoms with E-state index in [0.717, 1.165) is 17.0 Å². The molecule has 0 saturated heterocycles. The van der Waals surface area contributed by atoms with Crippen LogP contribution in [0.15, 0.2) is 55.5 Å². The highest BCUT2D eigenvalue weighted by atomic mass is 16.5. The molecular weight excluding hydrogens is 262 g/mol. The van der Waals surface area contributed by atoms with E-state index in [0.29, 0.717) is 13.2 Å². The number of aryl methyl sites for hydroxylation is 1. The lowest BCUT2D eigenvalue weighted by atomic mass is 10.3. The second kappa shape index (κ2) is 11.7. The first-order valence-corrected chi connectivity index (χ1v) is 7.14. The molecule has 0 aliphatic rings. The maximum Gasteiger partial charge on any atom is 0.137 e. The van der Waals surface area contributed by atoms with Crippen LogP contribution in [0.2, 0.25) is 0 Å². The molecule has 1 heterocycles. The van der Waals surface area contributed by atoms with E-state index in [1.807, 2.05) is 32.9 Å². The second-order valence-corrected chi connectivity index (χ2v) is 4.21. The number of hydrogen-bond donors (Lipinski definition) is 2. The fraction of sp³-hybridized carbons (Fsp3) is 0.353. The molecule has 1 aromatic heterocycles. The van der Waals surface area contributed by atoms with Gasteiger partial charge in [-0.05, 0) is 30.7 Å². The molecule has 0 amide bonds. The molecule has 1 rings (SSSR count). The summed E-state index contributed by atoms with van der Waals surface area (Å²) >= 11 is 0. The van der Waals surface area contributed by atoms with E-state index in [4.69, 9.17) is 10.5 Å². The lowest BCUT2D eigenvalue weighted by Crippen LogP contribution is -2.38. The van der Waals surface area contributed by atoms with Crippen LogP contribution < -0.4 is 15.8 Å². The lowest BCUT2D eigenvalue weighted by molar-refractivity contribution is 0.285. The number of ether oxygens (including phenoxy) is 1. The summed E-state index contributed by atoms with van der Waals surface area (Å²) in [7, 11) is 0. The molecule has 1 atom stereocenters. The number of pyridine rings is 1. The molecule has 0 spiro atoms. The van der Waals surface area contributed by atoms with Crippen LogP contribution in [0.3, 0.4) is 0 Å². The maximum atomic E-state index is 5.96. The van der Waals surface area contributed by atoms with Gasteiger partial charge in [0.15, 0.2) is 0 Å². The summed E-state index contributed by atoms with van der Waals surface area (Å²) in [5.41, 5.74) is 7.92. The Balaban J connectivity index is 0.00000191. The highest BCUT2D eigenvalue weighted by molar-refractivity contribution is 5.22. The van der Waals surface area contributed by atoms with E-state index < -0.39 is 0 Å². The Labute approximate surface area is 128 Å². The zero-order valence-corrected chi connectivity index (χ0v) is 13.3. The van der Waals surface area contributed by atoms with Gasteiger partial charge in [0.2, 0.25) is 0 Å². The lowest BCUT2D eigenvalue weighted by Gasteiger charge is -2.15. The number of aromatic nitrogens is 1. The van der Waals surface area contributed by atoms with Crippen LogP contribution in [0, 0.1) is 6.92 Å². The smallest absolute Gasteiger partial charge is 0.137 e. The number of allylic oxidation sites excluding steroid dienone is 3. The molecule has 0 aliphatic carbocycles. The van der Waals surface area contributed by atoms with Gasteiger partial charge in [0.1, 0.15) is 12.4 Å². The molecule has 0 saturated carbocycles. The van der Waals surface area contributed by atoms with Crippen molar-refractivity contribution in [1.82, 2.24) is 10.3 Å². The molecule has 0 aliphatic heterocycles. The van der Waals surface area contributed by atoms with Crippen LogP contribution in [0.5, 0.6) is 5.75 Å². The highest BCUT2D eigenvalue weighted by Crippen LogP contribution is 2.09. The second-order valence-electron chi connectivity index (χ2n) is 4.21. The molecule has 21 heavy (non-hydrogen) atoms. The molecular formula is C17H27N3O. The summed E-state index contributed by atoms with van der Waals surface area (Å²) < 4.78 is 5.58. The van der Waals surface area contributed by atoms with Crippen molar-refractivity contribution >= 4 is 0 Å². The Morgan fingerprint density at radius 2 is 2.14 bits per heavy atom. The maximum absolute atomic E-state index is 5.96. The number of hydrogen-bond acceptors (Lipinski definition) is 4. The summed E-state index contributed by atoms with van der Waals surface area (Å²) in [6.07, 6.45) is 8.72. The van der Waals surface area contributed by atoms with E-state index in [9.17, 15) is 0 Å². The quantitative estimate of drug-likeness (QED) is 0.722. The van der Waals surface area contributed by atoms with Crippen LogP contribution >= 0.6 is 0 Å². The monoisotopic (exact) mass is 289 g/mol. The van der Waals surface area contributed by atoms with Gasteiger partial charge < -0.3 is 15.8 Å². The minimum atomic E-state index is -0.117. The fourth-order valence-corrected chi connectivity index (χ4v) is 1.44. The number of nitrogens with one attached hydrogen (secondary N) is 1. The molecule has 0 fully saturated rings. The van der Waals surface area contributed by atoms with Gasteiger partial charge in [0, 0.05) is 18.4 Å². The van der Waals surface area contributed by atoms with Crippen LogP contribution in [0.4, 0.5) is 0 Å². The molecule has 3 N–H and O–H groups in total. The largest absolute Gasteiger partial charge is 0.490 e. The molecule has 4 heteroatoms. The molecule has 1 aromatic rings. The van der Waals surface area contributed by atoms with E-state index in [2.05, 4.69) is 23.5 Å². The third-order valence-corrected chi connectivity index (χ3v) is 2.40. The van der Waals surface area contributed by atoms with Gasteiger partial charge in [-0.2, -0.15) is 0 Å². The van der Waals surface area contributed by atoms with Gasteiger partial charge in [-0.25, -0.2) is 0 Å². The molecule has 0 aromatic carbocycles. The van der Waals surface area contributed by atoms with E-state index in [1.165, 1.54) is 0 Å². The van der Waals surface area contributed by atoms with Crippen LogP contribution in [0.1, 0.15) is 19.4 Å². The minimum absolute atomic E-state index is 0.117. The number of rotatable bonds is 8. The topological polar surface area (TPSA) is 60.2 Å². The first-order valence-electron chi connectivity index (χ1n) is 7.14. The van der Waals surface area contributed by atoms with Crippen LogP contribution in [-0.4, -0.2) is 24.2 Å². The minimum Gasteiger partial charge on any atom is -0.490 e. The van der Waals surface area contributed by atoms with Crippen molar-refractivity contribution in [3.63, 3.8) is 0 Å². The Bertz CT molecular complexity index is 455. The third-order valence-electron chi connectivity index (χ3n) is 2.40. The van der Waals surface area contributed by atoms with Crippen molar-refractivity contribution in [2.24, 2.45) is 5.73 Å². The first kappa shape index (κ1) is 18.9. The van der Waals surface area contributed by atoms with E-state index >= 15 is 0 Å². The Morgan fingerprint density at radius 3 is 2.71 bits per heavy atom. The molecule has 116 valence electrons. The van der Waals surface area contributed by atoms with Crippen molar-refractivity contribution in [3.05, 3.63) is 61.1 Å². The van der Waals surface area contributed by atoms with Gasteiger partial charge >= 0.3 is 0 Å². The van der Waals surface area contributed by atoms with Crippen LogP contribution in [-0.2, 0) is 0 Å². The summed E-state index contributed by atoms with van der Waals surface area (Å²) in [5, 5.41) is 3.17. The van der Waals surface area contributed by atoms with Crippen molar-refractivity contribution < 1.29 is 4.74 Å². The average Bonchev–Trinajstić information content (AvgIpc) is 2.51. The van der Waals surface area contributed by atoms with Gasteiger partial charge in [-0.15, -0.1) is 0 Å².